The number of fused-ring (bicyclic) bond motifs is 1. The lowest BCUT2D eigenvalue weighted by atomic mass is 10.2. The van der Waals surface area contributed by atoms with Gasteiger partial charge in [-0.15, -0.1) is 0 Å². The van der Waals surface area contributed by atoms with Gasteiger partial charge in [0.2, 0.25) is 0 Å². The van der Waals surface area contributed by atoms with Crippen LogP contribution in [0.2, 0.25) is 0 Å². The number of phenolic OH excluding ortho intramolecular Hbond substituents is 4. The lowest BCUT2D eigenvalue weighted by Gasteiger charge is -2.31. The first-order valence-electron chi connectivity index (χ1n) is 6.37. The summed E-state index contributed by atoms with van der Waals surface area (Å²) in [7, 11) is 0. The first-order valence-corrected chi connectivity index (χ1v) is 6.37. The summed E-state index contributed by atoms with van der Waals surface area (Å²) in [5, 5.41) is 48.3. The molecule has 21 heavy (non-hydrogen) atoms. The van der Waals surface area contributed by atoms with Gasteiger partial charge in [0.25, 0.3) is 0 Å². The maximum Gasteiger partial charge on any atom is 0.157 e. The first-order chi connectivity index (χ1) is 9.95. The fourth-order valence-corrected chi connectivity index (χ4v) is 2.47. The molecular weight excluding hydrogens is 279 g/mol. The molecule has 0 saturated heterocycles. The SMILES string of the molecule is Oc1cc(O)c2c(c1)O[13C@H](c1ccc(O)c(O)c1)[13C@@H](O)[13CH2]2. The summed E-state index contributed by atoms with van der Waals surface area (Å²) in [6.07, 6.45) is -1.56. The van der Waals surface area contributed by atoms with Crippen LogP contribution in [0.4, 0.5) is 0 Å². The molecule has 0 fully saturated rings. The van der Waals surface area contributed by atoms with Gasteiger partial charge in [-0.1, -0.05) is 6.07 Å². The van der Waals surface area contributed by atoms with Crippen molar-refractivity contribution in [3.05, 3.63) is 41.5 Å². The Kier molecular flexibility index (Phi) is 3.03. The third kappa shape index (κ3) is 2.30. The van der Waals surface area contributed by atoms with Crippen molar-refractivity contribution in [2.24, 2.45) is 0 Å². The van der Waals surface area contributed by atoms with E-state index in [9.17, 15) is 25.5 Å². The van der Waals surface area contributed by atoms with Crippen molar-refractivity contribution >= 4 is 0 Å². The number of hydrogen-bond acceptors (Lipinski definition) is 6. The molecule has 0 aliphatic carbocycles. The number of ether oxygens (including phenoxy) is 1. The largest absolute Gasteiger partial charge is 0.508 e. The fraction of sp³-hybridized carbons (Fsp3) is 0.200. The summed E-state index contributed by atoms with van der Waals surface area (Å²) in [5.74, 6) is -0.589. The van der Waals surface area contributed by atoms with Gasteiger partial charge >= 0.3 is 0 Å². The highest BCUT2D eigenvalue weighted by Crippen LogP contribution is 2.42. The number of aromatic hydroxyl groups is 4. The Morgan fingerprint density at radius 3 is 2.38 bits per heavy atom. The van der Waals surface area contributed by atoms with E-state index in [1.54, 1.807) is 0 Å². The second-order valence-corrected chi connectivity index (χ2v) is 5.00. The molecular formula is C15H14O6. The predicted molar refractivity (Wildman–Crippen MR) is 72.6 cm³/mol. The molecule has 1 heterocycles. The van der Waals surface area contributed by atoms with Gasteiger partial charge in [0.05, 0.1) is 6.10 Å². The summed E-state index contributed by atoms with van der Waals surface area (Å²) in [6, 6.07) is 6.67. The number of rotatable bonds is 1. The summed E-state index contributed by atoms with van der Waals surface area (Å²) < 4.78 is 5.62. The van der Waals surface area contributed by atoms with Gasteiger partial charge in [0.1, 0.15) is 23.4 Å². The second-order valence-electron chi connectivity index (χ2n) is 5.00. The van der Waals surface area contributed by atoms with Crippen molar-refractivity contribution in [2.45, 2.75) is 18.6 Å². The number of aliphatic hydroxyl groups is 1. The van der Waals surface area contributed by atoms with E-state index in [4.69, 9.17) is 4.74 Å². The Labute approximate surface area is 120 Å². The Morgan fingerprint density at radius 1 is 0.905 bits per heavy atom. The van der Waals surface area contributed by atoms with Gasteiger partial charge in [-0.05, 0) is 17.7 Å². The molecule has 1 aliphatic heterocycles. The van der Waals surface area contributed by atoms with Crippen LogP contribution in [-0.4, -0.2) is 31.6 Å². The first kappa shape index (κ1) is 13.4. The van der Waals surface area contributed by atoms with Crippen LogP contribution in [0.25, 0.3) is 0 Å². The Hall–Kier alpha value is -2.60. The van der Waals surface area contributed by atoms with Crippen LogP contribution in [-0.2, 0) is 6.42 Å². The molecule has 6 nitrogen and oxygen atoms in total. The van der Waals surface area contributed by atoms with E-state index >= 15 is 0 Å². The highest BCUT2D eigenvalue weighted by Gasteiger charge is 2.32. The minimum Gasteiger partial charge on any atom is -0.508 e. The zero-order valence-corrected chi connectivity index (χ0v) is 10.9. The van der Waals surface area contributed by atoms with Gasteiger partial charge in [-0.25, -0.2) is 0 Å². The normalized spacial score (nSPS) is 20.6. The van der Waals surface area contributed by atoms with Crippen LogP contribution in [0.1, 0.15) is 17.2 Å². The lowest BCUT2D eigenvalue weighted by molar-refractivity contribution is 0.0197. The molecule has 6 heteroatoms. The molecule has 5 N–H and O–H groups in total. The third-order valence-electron chi connectivity index (χ3n) is 3.51. The number of benzene rings is 2. The number of aliphatic hydroxyl groups excluding tert-OH is 1. The Bertz CT molecular complexity index is 697. The molecule has 2 aromatic rings. The molecule has 2 atom stereocenters. The maximum absolute atomic E-state index is 10.2. The van der Waals surface area contributed by atoms with Gasteiger partial charge in [-0.2, -0.15) is 0 Å². The highest BCUT2D eigenvalue weighted by molar-refractivity contribution is 5.52. The van der Waals surface area contributed by atoms with E-state index < -0.39 is 12.2 Å². The van der Waals surface area contributed by atoms with Crippen LogP contribution >= 0.6 is 0 Å². The molecule has 0 radical (unpaired) electrons. The van der Waals surface area contributed by atoms with Crippen molar-refractivity contribution in [3.8, 4) is 28.7 Å². The predicted octanol–water partition coefficient (Wildman–Crippen LogP) is 1.55. The molecule has 2 aromatic carbocycles. The monoisotopic (exact) mass is 293 g/mol. The van der Waals surface area contributed by atoms with Gasteiger partial charge < -0.3 is 30.3 Å². The summed E-state index contributed by atoms with van der Waals surface area (Å²) in [4.78, 5) is 0. The Balaban J connectivity index is 2.00. The van der Waals surface area contributed by atoms with Crippen LogP contribution in [0.3, 0.4) is 0 Å². The fourth-order valence-electron chi connectivity index (χ4n) is 2.47. The summed E-state index contributed by atoms with van der Waals surface area (Å²) in [5.41, 5.74) is 0.894. The van der Waals surface area contributed by atoms with Gasteiger partial charge in [-0.3, -0.25) is 0 Å². The average molecular weight is 293 g/mol. The smallest absolute Gasteiger partial charge is 0.157 e. The topological polar surface area (TPSA) is 110 Å². The van der Waals surface area contributed by atoms with Crippen molar-refractivity contribution < 1.29 is 30.3 Å². The van der Waals surface area contributed by atoms with Crippen molar-refractivity contribution in [3.63, 3.8) is 0 Å². The standard InChI is InChI=1S/C15H14O6/c16-8-4-11(18)9-6-13(20)15(21-14(9)5-8)7-1-2-10(17)12(19)3-7/h1-5,13,15-20H,6H2/t13-,15+/m0/s1/i6+1,13+1,15+1. The van der Waals surface area contributed by atoms with Crippen LogP contribution in [0.15, 0.2) is 30.3 Å². The average Bonchev–Trinajstić information content (AvgIpc) is 2.42. The van der Waals surface area contributed by atoms with Crippen LogP contribution < -0.4 is 4.74 Å². The Morgan fingerprint density at radius 2 is 1.67 bits per heavy atom. The van der Waals surface area contributed by atoms with E-state index in [0.717, 1.165) is 0 Å². The van der Waals surface area contributed by atoms with Gasteiger partial charge in [0.15, 0.2) is 11.5 Å². The molecule has 0 spiro atoms. The second kappa shape index (κ2) is 4.75. The van der Waals surface area contributed by atoms with E-state index in [-0.39, 0.29) is 35.2 Å². The third-order valence-corrected chi connectivity index (χ3v) is 3.51. The van der Waals surface area contributed by atoms with Crippen molar-refractivity contribution in [2.75, 3.05) is 0 Å². The molecule has 0 aromatic heterocycles. The molecule has 0 amide bonds. The van der Waals surface area contributed by atoms with Crippen LogP contribution in [0.5, 0.6) is 28.7 Å². The van der Waals surface area contributed by atoms with Gasteiger partial charge in [0, 0.05) is 24.1 Å². The molecule has 0 unspecified atom stereocenters. The van der Waals surface area contributed by atoms with E-state index in [1.165, 1.54) is 30.3 Å². The molecule has 3 rings (SSSR count). The summed E-state index contributed by atoms with van der Waals surface area (Å²) in [6.45, 7) is 0. The zero-order valence-electron chi connectivity index (χ0n) is 10.9. The van der Waals surface area contributed by atoms with E-state index in [2.05, 4.69) is 0 Å². The zero-order chi connectivity index (χ0) is 15.1. The molecule has 0 saturated carbocycles. The van der Waals surface area contributed by atoms with E-state index in [1.807, 2.05) is 0 Å². The quantitative estimate of drug-likeness (QED) is 0.403. The lowest BCUT2D eigenvalue weighted by Crippen LogP contribution is -2.30. The summed E-state index contributed by atoms with van der Waals surface area (Å²) >= 11 is 0. The van der Waals surface area contributed by atoms with Crippen LogP contribution in [0, 0.1) is 0 Å². The van der Waals surface area contributed by atoms with Crippen molar-refractivity contribution in [1.82, 2.24) is 0 Å². The van der Waals surface area contributed by atoms with Crippen molar-refractivity contribution in [1.29, 1.82) is 0 Å². The molecule has 0 bridgehead atoms. The molecule has 110 valence electrons. The van der Waals surface area contributed by atoms with E-state index in [0.29, 0.717) is 11.1 Å². The minimum atomic E-state index is -0.933. The minimum absolute atomic E-state index is 0.143. The number of hydrogen-bond donors (Lipinski definition) is 5. The number of phenols is 4. The highest BCUT2D eigenvalue weighted by atomic mass is 16.6. The molecule has 1 aliphatic rings. The maximum atomic E-state index is 10.2.